The fourth-order valence-electron chi connectivity index (χ4n) is 1.36. The maximum atomic E-state index is 10.6. The van der Waals surface area contributed by atoms with E-state index >= 15 is 0 Å². The molecule has 0 aliphatic carbocycles. The number of benzene rings is 1. The molecule has 1 atom stereocenters. The molecule has 1 unspecified atom stereocenters. The lowest BCUT2D eigenvalue weighted by Crippen LogP contribution is -2.31. The lowest BCUT2D eigenvalue weighted by molar-refractivity contribution is 0.246. The van der Waals surface area contributed by atoms with Crippen LogP contribution in [0.3, 0.4) is 0 Å². The largest absolute Gasteiger partial charge is 0.352 e. The minimum absolute atomic E-state index is 0.0290. The Kier molecular flexibility index (Phi) is 2.90. The molecule has 0 aliphatic rings. The Hall–Kier alpha value is -1.51. The molecule has 0 aromatic heterocycles. The maximum absolute atomic E-state index is 10.6. The Bertz CT molecular complexity index is 310. The van der Waals surface area contributed by atoms with E-state index in [0.29, 0.717) is 0 Å². The summed E-state index contributed by atoms with van der Waals surface area (Å²) in [6, 6.07) is 7.39. The SMILES string of the molecule is Cc1ccccc1C(C)NC(N)=O. The molecule has 70 valence electrons. The van der Waals surface area contributed by atoms with Gasteiger partial charge in [-0.05, 0) is 25.0 Å². The van der Waals surface area contributed by atoms with Crippen molar-refractivity contribution in [3.8, 4) is 0 Å². The molecule has 0 spiro atoms. The topological polar surface area (TPSA) is 55.1 Å². The van der Waals surface area contributed by atoms with E-state index in [1.807, 2.05) is 38.1 Å². The predicted molar refractivity (Wildman–Crippen MR) is 52.3 cm³/mol. The molecule has 0 saturated heterocycles. The number of urea groups is 1. The van der Waals surface area contributed by atoms with Crippen LogP contribution in [0.15, 0.2) is 24.3 Å². The van der Waals surface area contributed by atoms with Gasteiger partial charge >= 0.3 is 6.03 Å². The summed E-state index contributed by atoms with van der Waals surface area (Å²) in [5.74, 6) is 0. The molecule has 1 aromatic rings. The summed E-state index contributed by atoms with van der Waals surface area (Å²) < 4.78 is 0. The number of carbonyl (C=O) groups is 1. The van der Waals surface area contributed by atoms with Crippen LogP contribution in [0.25, 0.3) is 0 Å². The number of nitrogens with one attached hydrogen (secondary N) is 1. The molecule has 2 amide bonds. The Balaban J connectivity index is 2.82. The number of aryl methyl sites for hydroxylation is 1. The number of rotatable bonds is 2. The van der Waals surface area contributed by atoms with Gasteiger partial charge < -0.3 is 11.1 Å². The first-order valence-electron chi connectivity index (χ1n) is 4.22. The van der Waals surface area contributed by atoms with Crippen molar-refractivity contribution in [3.05, 3.63) is 35.4 Å². The number of amides is 2. The van der Waals surface area contributed by atoms with E-state index in [1.165, 1.54) is 0 Å². The van der Waals surface area contributed by atoms with Crippen LogP contribution in [0.2, 0.25) is 0 Å². The minimum Gasteiger partial charge on any atom is -0.352 e. The zero-order valence-corrected chi connectivity index (χ0v) is 7.87. The monoisotopic (exact) mass is 178 g/mol. The molecule has 0 fully saturated rings. The molecule has 1 rings (SSSR count). The summed E-state index contributed by atoms with van der Waals surface area (Å²) in [5, 5.41) is 2.64. The molecule has 3 N–H and O–H groups in total. The number of primary amides is 1. The van der Waals surface area contributed by atoms with E-state index in [2.05, 4.69) is 5.32 Å². The van der Waals surface area contributed by atoms with Crippen molar-refractivity contribution in [2.24, 2.45) is 5.73 Å². The summed E-state index contributed by atoms with van der Waals surface area (Å²) in [7, 11) is 0. The summed E-state index contributed by atoms with van der Waals surface area (Å²) >= 11 is 0. The zero-order chi connectivity index (χ0) is 9.84. The van der Waals surface area contributed by atoms with Crippen molar-refractivity contribution in [2.45, 2.75) is 19.9 Å². The quantitative estimate of drug-likeness (QED) is 0.711. The third kappa shape index (κ3) is 2.47. The van der Waals surface area contributed by atoms with E-state index in [9.17, 15) is 4.79 Å². The number of hydrogen-bond acceptors (Lipinski definition) is 1. The van der Waals surface area contributed by atoms with Crippen molar-refractivity contribution in [1.29, 1.82) is 0 Å². The van der Waals surface area contributed by atoms with Crippen molar-refractivity contribution in [3.63, 3.8) is 0 Å². The number of nitrogens with two attached hydrogens (primary N) is 1. The van der Waals surface area contributed by atoms with Gasteiger partial charge in [0.05, 0.1) is 6.04 Å². The summed E-state index contributed by atoms with van der Waals surface area (Å²) in [4.78, 5) is 10.6. The van der Waals surface area contributed by atoms with Gasteiger partial charge in [0.1, 0.15) is 0 Å². The summed E-state index contributed by atoms with van der Waals surface area (Å²) in [5.41, 5.74) is 7.29. The van der Waals surface area contributed by atoms with Crippen LogP contribution in [0.5, 0.6) is 0 Å². The third-order valence-corrected chi connectivity index (χ3v) is 2.01. The van der Waals surface area contributed by atoms with Gasteiger partial charge in [0.2, 0.25) is 0 Å². The van der Waals surface area contributed by atoms with Gasteiger partial charge in [-0.25, -0.2) is 4.79 Å². The minimum atomic E-state index is -0.490. The Morgan fingerprint density at radius 2 is 2.08 bits per heavy atom. The predicted octanol–water partition coefficient (Wildman–Crippen LogP) is 1.72. The molecule has 0 radical (unpaired) electrons. The lowest BCUT2D eigenvalue weighted by Gasteiger charge is -2.14. The summed E-state index contributed by atoms with van der Waals surface area (Å²) in [6.07, 6.45) is 0. The second-order valence-electron chi connectivity index (χ2n) is 3.09. The standard InChI is InChI=1S/C10H14N2O/c1-7-5-3-4-6-9(7)8(2)12-10(11)13/h3-6,8H,1-2H3,(H3,11,12,13). The highest BCUT2D eigenvalue weighted by Crippen LogP contribution is 2.15. The van der Waals surface area contributed by atoms with Crippen molar-refractivity contribution in [2.75, 3.05) is 0 Å². The molecule has 0 saturated carbocycles. The molecule has 0 heterocycles. The van der Waals surface area contributed by atoms with Gasteiger partial charge in [-0.3, -0.25) is 0 Å². The zero-order valence-electron chi connectivity index (χ0n) is 7.87. The smallest absolute Gasteiger partial charge is 0.312 e. The second-order valence-corrected chi connectivity index (χ2v) is 3.09. The molecule has 3 heteroatoms. The van der Waals surface area contributed by atoms with Gasteiger partial charge in [-0.1, -0.05) is 24.3 Å². The van der Waals surface area contributed by atoms with Crippen LogP contribution in [-0.2, 0) is 0 Å². The van der Waals surface area contributed by atoms with E-state index < -0.39 is 6.03 Å². The highest BCUT2D eigenvalue weighted by Gasteiger charge is 2.07. The molecule has 1 aromatic carbocycles. The van der Waals surface area contributed by atoms with Crippen LogP contribution < -0.4 is 11.1 Å². The van der Waals surface area contributed by atoms with Gasteiger partial charge in [-0.15, -0.1) is 0 Å². The van der Waals surface area contributed by atoms with Gasteiger partial charge in [0.15, 0.2) is 0 Å². The average Bonchev–Trinajstić information content (AvgIpc) is 2.03. The van der Waals surface area contributed by atoms with Gasteiger partial charge in [-0.2, -0.15) is 0 Å². The van der Waals surface area contributed by atoms with Crippen molar-refractivity contribution >= 4 is 6.03 Å². The van der Waals surface area contributed by atoms with Crippen LogP contribution >= 0.6 is 0 Å². The number of carbonyl (C=O) groups excluding carboxylic acids is 1. The molecule has 3 nitrogen and oxygen atoms in total. The van der Waals surface area contributed by atoms with E-state index in [0.717, 1.165) is 11.1 Å². The Morgan fingerprint density at radius 3 is 2.62 bits per heavy atom. The Labute approximate surface area is 77.9 Å². The molecule has 0 aliphatic heterocycles. The molecular formula is C10H14N2O. The lowest BCUT2D eigenvalue weighted by atomic mass is 10.0. The second kappa shape index (κ2) is 3.94. The molecule has 13 heavy (non-hydrogen) atoms. The molecule has 0 bridgehead atoms. The Morgan fingerprint density at radius 1 is 1.46 bits per heavy atom. The average molecular weight is 178 g/mol. The van der Waals surface area contributed by atoms with E-state index in [4.69, 9.17) is 5.73 Å². The van der Waals surface area contributed by atoms with Gasteiger partial charge in [0.25, 0.3) is 0 Å². The van der Waals surface area contributed by atoms with Crippen LogP contribution in [-0.4, -0.2) is 6.03 Å². The highest BCUT2D eigenvalue weighted by atomic mass is 16.2. The van der Waals surface area contributed by atoms with Crippen LogP contribution in [0.1, 0.15) is 24.1 Å². The first-order valence-corrected chi connectivity index (χ1v) is 4.22. The van der Waals surface area contributed by atoms with Gasteiger partial charge in [0, 0.05) is 0 Å². The fourth-order valence-corrected chi connectivity index (χ4v) is 1.36. The van der Waals surface area contributed by atoms with Crippen LogP contribution in [0.4, 0.5) is 4.79 Å². The highest BCUT2D eigenvalue weighted by molar-refractivity contribution is 5.72. The van der Waals surface area contributed by atoms with Crippen LogP contribution in [0, 0.1) is 6.92 Å². The first-order chi connectivity index (χ1) is 6.11. The summed E-state index contributed by atoms with van der Waals surface area (Å²) in [6.45, 7) is 3.92. The van der Waals surface area contributed by atoms with E-state index in [1.54, 1.807) is 0 Å². The number of hydrogen-bond donors (Lipinski definition) is 2. The van der Waals surface area contributed by atoms with E-state index in [-0.39, 0.29) is 6.04 Å². The van der Waals surface area contributed by atoms with Crippen molar-refractivity contribution in [1.82, 2.24) is 5.32 Å². The maximum Gasteiger partial charge on any atom is 0.312 e. The molecular weight excluding hydrogens is 164 g/mol. The first kappa shape index (κ1) is 9.58. The fraction of sp³-hybridized carbons (Fsp3) is 0.300. The van der Waals surface area contributed by atoms with Crippen molar-refractivity contribution < 1.29 is 4.79 Å². The third-order valence-electron chi connectivity index (χ3n) is 2.01. The normalized spacial score (nSPS) is 12.2.